The van der Waals surface area contributed by atoms with Crippen molar-refractivity contribution < 1.29 is 22.7 Å². The molecule has 1 amide bonds. The molecule has 8 heteroatoms. The summed E-state index contributed by atoms with van der Waals surface area (Å²) in [7, 11) is -2.01. The van der Waals surface area contributed by atoms with Crippen LogP contribution in [0.3, 0.4) is 0 Å². The first-order valence-corrected chi connectivity index (χ1v) is 8.45. The fourth-order valence-corrected chi connectivity index (χ4v) is 3.18. The number of esters is 1. The van der Waals surface area contributed by atoms with Crippen LogP contribution in [0.25, 0.3) is 0 Å². The van der Waals surface area contributed by atoms with Gasteiger partial charge in [-0.1, -0.05) is 0 Å². The number of hydrogen-bond acceptors (Lipinski definition) is 5. The molecule has 1 fully saturated rings. The van der Waals surface area contributed by atoms with E-state index in [1.165, 1.54) is 16.3 Å². The Bertz CT molecular complexity index is 462. The lowest BCUT2D eigenvalue weighted by molar-refractivity contribution is -0.148. The van der Waals surface area contributed by atoms with E-state index in [1.54, 1.807) is 6.92 Å². The molecule has 1 rings (SSSR count). The summed E-state index contributed by atoms with van der Waals surface area (Å²) in [5.41, 5.74) is 0. The molecule has 0 aliphatic carbocycles. The average molecular weight is 306 g/mol. The normalized spacial score (nSPS) is 20.4. The third-order valence-corrected chi connectivity index (χ3v) is 4.71. The summed E-state index contributed by atoms with van der Waals surface area (Å²) in [6.45, 7) is 2.71. The highest BCUT2D eigenvalue weighted by molar-refractivity contribution is 7.88. The van der Waals surface area contributed by atoms with Gasteiger partial charge in [-0.2, -0.15) is 0 Å². The van der Waals surface area contributed by atoms with Gasteiger partial charge in [-0.3, -0.25) is 9.59 Å². The first-order chi connectivity index (χ1) is 9.29. The number of sulfonamides is 1. The Morgan fingerprint density at radius 3 is 2.55 bits per heavy atom. The van der Waals surface area contributed by atoms with Crippen molar-refractivity contribution >= 4 is 21.9 Å². The van der Waals surface area contributed by atoms with Crippen molar-refractivity contribution in [2.24, 2.45) is 5.92 Å². The third kappa shape index (κ3) is 4.45. The molecule has 1 heterocycles. The van der Waals surface area contributed by atoms with Gasteiger partial charge in [0.2, 0.25) is 15.9 Å². The van der Waals surface area contributed by atoms with Crippen LogP contribution >= 0.6 is 0 Å². The SMILES string of the molecule is CCN(CC(=O)OC)C(=O)C1CCCN(S(C)(=O)=O)C1. The van der Waals surface area contributed by atoms with Crippen LogP contribution in [0.4, 0.5) is 0 Å². The van der Waals surface area contributed by atoms with E-state index in [4.69, 9.17) is 0 Å². The van der Waals surface area contributed by atoms with Crippen molar-refractivity contribution in [1.29, 1.82) is 0 Å². The highest BCUT2D eigenvalue weighted by Gasteiger charge is 2.32. The second kappa shape index (κ2) is 7.03. The zero-order valence-electron chi connectivity index (χ0n) is 12.2. The van der Waals surface area contributed by atoms with Crippen molar-refractivity contribution in [1.82, 2.24) is 9.21 Å². The number of piperidine rings is 1. The molecule has 1 saturated heterocycles. The molecular formula is C12H22N2O5S. The lowest BCUT2D eigenvalue weighted by atomic mass is 9.98. The van der Waals surface area contributed by atoms with Gasteiger partial charge >= 0.3 is 5.97 Å². The number of nitrogens with zero attached hydrogens (tertiary/aromatic N) is 2. The number of ether oxygens (including phenoxy) is 1. The number of amides is 1. The minimum Gasteiger partial charge on any atom is -0.468 e. The Morgan fingerprint density at radius 2 is 2.05 bits per heavy atom. The van der Waals surface area contributed by atoms with Gasteiger partial charge in [0.25, 0.3) is 0 Å². The van der Waals surface area contributed by atoms with E-state index in [0.29, 0.717) is 25.9 Å². The predicted molar refractivity (Wildman–Crippen MR) is 73.4 cm³/mol. The number of likely N-dealkylation sites (N-methyl/N-ethyl adjacent to an activating group) is 1. The van der Waals surface area contributed by atoms with Crippen LogP contribution in [0.2, 0.25) is 0 Å². The first-order valence-electron chi connectivity index (χ1n) is 6.60. The van der Waals surface area contributed by atoms with E-state index in [1.807, 2.05) is 0 Å². The molecule has 20 heavy (non-hydrogen) atoms. The van der Waals surface area contributed by atoms with Crippen LogP contribution in [0.15, 0.2) is 0 Å². The number of carbonyl (C=O) groups is 2. The van der Waals surface area contributed by atoms with E-state index in [-0.39, 0.29) is 24.9 Å². The average Bonchev–Trinajstić information content (AvgIpc) is 2.42. The molecule has 1 atom stereocenters. The van der Waals surface area contributed by atoms with Crippen LogP contribution in [0, 0.1) is 5.92 Å². The lowest BCUT2D eigenvalue weighted by Crippen LogP contribution is -2.47. The molecule has 116 valence electrons. The largest absolute Gasteiger partial charge is 0.468 e. The number of hydrogen-bond donors (Lipinski definition) is 0. The van der Waals surface area contributed by atoms with Crippen LogP contribution in [0.1, 0.15) is 19.8 Å². The fourth-order valence-electron chi connectivity index (χ4n) is 2.27. The number of methoxy groups -OCH3 is 1. The van der Waals surface area contributed by atoms with Gasteiger partial charge in [-0.05, 0) is 19.8 Å². The molecule has 0 aromatic carbocycles. The van der Waals surface area contributed by atoms with Crippen LogP contribution in [0.5, 0.6) is 0 Å². The highest BCUT2D eigenvalue weighted by atomic mass is 32.2. The Hall–Kier alpha value is -1.15. The zero-order valence-corrected chi connectivity index (χ0v) is 13.0. The number of rotatable bonds is 5. The minimum atomic E-state index is -3.28. The quantitative estimate of drug-likeness (QED) is 0.650. The van der Waals surface area contributed by atoms with E-state index < -0.39 is 16.0 Å². The summed E-state index contributed by atoms with van der Waals surface area (Å²) < 4.78 is 29.0. The summed E-state index contributed by atoms with van der Waals surface area (Å²) in [5.74, 6) is -1.05. The molecule has 0 aromatic rings. The summed E-state index contributed by atoms with van der Waals surface area (Å²) in [5, 5.41) is 0. The highest BCUT2D eigenvalue weighted by Crippen LogP contribution is 2.20. The summed E-state index contributed by atoms with van der Waals surface area (Å²) in [6, 6.07) is 0. The molecule has 1 unspecified atom stereocenters. The van der Waals surface area contributed by atoms with Gasteiger partial charge < -0.3 is 9.64 Å². The van der Waals surface area contributed by atoms with E-state index >= 15 is 0 Å². The van der Waals surface area contributed by atoms with Crippen molar-refractivity contribution in [2.45, 2.75) is 19.8 Å². The zero-order chi connectivity index (χ0) is 15.3. The second-order valence-corrected chi connectivity index (χ2v) is 6.87. The predicted octanol–water partition coefficient (Wildman–Crippen LogP) is -0.320. The lowest BCUT2D eigenvalue weighted by Gasteiger charge is -2.33. The monoisotopic (exact) mass is 306 g/mol. The van der Waals surface area contributed by atoms with Crippen molar-refractivity contribution in [2.75, 3.05) is 39.5 Å². The molecule has 0 bridgehead atoms. The van der Waals surface area contributed by atoms with Gasteiger partial charge in [-0.25, -0.2) is 12.7 Å². The minimum absolute atomic E-state index is 0.0960. The fraction of sp³-hybridized carbons (Fsp3) is 0.833. The standard InChI is InChI=1S/C12H22N2O5S/c1-4-13(9-11(15)19-2)12(16)10-6-5-7-14(8-10)20(3,17)18/h10H,4-9H2,1-3H3. The van der Waals surface area contributed by atoms with E-state index in [0.717, 1.165) is 6.26 Å². The summed E-state index contributed by atoms with van der Waals surface area (Å²) in [4.78, 5) is 25.0. The van der Waals surface area contributed by atoms with Crippen LogP contribution in [-0.4, -0.2) is 69.0 Å². The van der Waals surface area contributed by atoms with Gasteiger partial charge in [0.15, 0.2) is 0 Å². The Morgan fingerprint density at radius 1 is 1.40 bits per heavy atom. The topological polar surface area (TPSA) is 84.0 Å². The molecule has 0 spiro atoms. The maximum Gasteiger partial charge on any atom is 0.325 e. The molecule has 0 radical (unpaired) electrons. The van der Waals surface area contributed by atoms with Crippen molar-refractivity contribution in [3.05, 3.63) is 0 Å². The molecule has 7 nitrogen and oxygen atoms in total. The molecule has 0 saturated carbocycles. The molecule has 0 N–H and O–H groups in total. The maximum absolute atomic E-state index is 12.3. The van der Waals surface area contributed by atoms with E-state index in [9.17, 15) is 18.0 Å². The van der Waals surface area contributed by atoms with Gasteiger partial charge in [-0.15, -0.1) is 0 Å². The van der Waals surface area contributed by atoms with Crippen molar-refractivity contribution in [3.63, 3.8) is 0 Å². The van der Waals surface area contributed by atoms with Gasteiger partial charge in [0.1, 0.15) is 6.54 Å². The van der Waals surface area contributed by atoms with Crippen LogP contribution in [-0.2, 0) is 24.3 Å². The maximum atomic E-state index is 12.3. The number of carbonyl (C=O) groups excluding carboxylic acids is 2. The van der Waals surface area contributed by atoms with Crippen molar-refractivity contribution in [3.8, 4) is 0 Å². The summed E-state index contributed by atoms with van der Waals surface area (Å²) >= 11 is 0. The molecule has 0 aromatic heterocycles. The van der Waals surface area contributed by atoms with Crippen LogP contribution < -0.4 is 0 Å². The van der Waals surface area contributed by atoms with E-state index in [2.05, 4.69) is 4.74 Å². The first kappa shape index (κ1) is 16.9. The van der Waals surface area contributed by atoms with Gasteiger partial charge in [0.05, 0.1) is 19.3 Å². The third-order valence-electron chi connectivity index (χ3n) is 3.44. The smallest absolute Gasteiger partial charge is 0.325 e. The summed E-state index contributed by atoms with van der Waals surface area (Å²) in [6.07, 6.45) is 2.44. The second-order valence-electron chi connectivity index (χ2n) is 4.89. The Kier molecular flexibility index (Phi) is 5.94. The Balaban J connectivity index is 2.72. The molecule has 1 aliphatic rings. The Labute approximate surface area is 119 Å². The molecular weight excluding hydrogens is 284 g/mol. The van der Waals surface area contributed by atoms with Gasteiger partial charge in [0, 0.05) is 19.6 Å². The molecule has 1 aliphatic heterocycles.